The van der Waals surface area contributed by atoms with E-state index >= 15 is 0 Å². The van der Waals surface area contributed by atoms with E-state index < -0.39 is 11.8 Å². The van der Waals surface area contributed by atoms with Crippen LogP contribution < -0.4 is 0 Å². The van der Waals surface area contributed by atoms with E-state index in [4.69, 9.17) is 14.2 Å². The Morgan fingerprint density at radius 2 is 2.20 bits per heavy atom. The van der Waals surface area contributed by atoms with Crippen molar-refractivity contribution in [3.63, 3.8) is 0 Å². The molecule has 1 atom stereocenters. The number of ether oxygens (including phenoxy) is 3. The van der Waals surface area contributed by atoms with E-state index in [0.29, 0.717) is 31.6 Å². The smallest absolute Gasteiger partial charge is 0.336 e. The zero-order valence-electron chi connectivity index (χ0n) is 8.56. The van der Waals surface area contributed by atoms with Crippen LogP contribution in [0, 0.1) is 0 Å². The Balaban J connectivity index is 1.86. The zero-order chi connectivity index (χ0) is 10.9. The number of hydrogen-bond donors (Lipinski definition) is 1. The van der Waals surface area contributed by atoms with Crippen LogP contribution in [-0.4, -0.2) is 36.4 Å². The minimum absolute atomic E-state index is 0.232. The third-order valence-corrected chi connectivity index (χ3v) is 2.34. The Morgan fingerprint density at radius 1 is 1.53 bits per heavy atom. The highest BCUT2D eigenvalue weighted by Crippen LogP contribution is 2.25. The van der Waals surface area contributed by atoms with Gasteiger partial charge in [-0.1, -0.05) is 0 Å². The molecule has 0 aliphatic carbocycles. The molecule has 2 heterocycles. The molecule has 1 N–H and O–H groups in total. The van der Waals surface area contributed by atoms with Crippen LogP contribution in [0.3, 0.4) is 0 Å². The number of carbonyl (C=O) groups excluding carboxylic acids is 1. The van der Waals surface area contributed by atoms with Gasteiger partial charge in [0.15, 0.2) is 6.29 Å². The first-order valence-electron chi connectivity index (χ1n) is 4.97. The fraction of sp³-hybridized carbons (Fsp3) is 0.700. The molecule has 0 amide bonds. The molecule has 1 saturated heterocycles. The molecule has 0 radical (unpaired) electrons. The van der Waals surface area contributed by atoms with Crippen LogP contribution >= 0.6 is 0 Å². The van der Waals surface area contributed by atoms with Crippen LogP contribution in [0.2, 0.25) is 0 Å². The molecule has 0 saturated carbocycles. The molecule has 2 aliphatic rings. The maximum Gasteiger partial charge on any atom is 0.336 e. The molecule has 2 aliphatic heterocycles. The lowest BCUT2D eigenvalue weighted by Crippen LogP contribution is -2.22. The predicted molar refractivity (Wildman–Crippen MR) is 49.7 cm³/mol. The predicted octanol–water partition coefficient (Wildman–Crippen LogP) is 0.331. The van der Waals surface area contributed by atoms with Gasteiger partial charge >= 0.3 is 5.97 Å². The third-order valence-electron chi connectivity index (χ3n) is 2.34. The molecular weight excluding hydrogens is 200 g/mol. The average molecular weight is 214 g/mol. The van der Waals surface area contributed by atoms with Crippen LogP contribution in [0.25, 0.3) is 0 Å². The highest BCUT2D eigenvalue weighted by molar-refractivity contribution is 5.91. The Labute approximate surface area is 87.6 Å². The van der Waals surface area contributed by atoms with Crippen molar-refractivity contribution < 1.29 is 24.1 Å². The molecule has 0 bridgehead atoms. The maximum atomic E-state index is 11.3. The number of hydrogen-bond acceptors (Lipinski definition) is 5. The summed E-state index contributed by atoms with van der Waals surface area (Å²) in [6.45, 7) is 2.64. The molecule has 1 unspecified atom stereocenters. The number of carbonyl (C=O) groups is 1. The van der Waals surface area contributed by atoms with E-state index in [1.54, 1.807) is 0 Å². The summed E-state index contributed by atoms with van der Waals surface area (Å²) >= 11 is 0. The van der Waals surface area contributed by atoms with E-state index in [1.165, 1.54) is 13.0 Å². The van der Waals surface area contributed by atoms with Crippen molar-refractivity contribution in [1.29, 1.82) is 0 Å². The van der Waals surface area contributed by atoms with Gasteiger partial charge in [-0.15, -0.1) is 0 Å². The summed E-state index contributed by atoms with van der Waals surface area (Å²) in [7, 11) is 0. The van der Waals surface area contributed by atoms with Gasteiger partial charge in [0.05, 0.1) is 13.2 Å². The Kier molecular flexibility index (Phi) is 2.77. The number of cyclic esters (lactones) is 1. The summed E-state index contributed by atoms with van der Waals surface area (Å²) < 4.78 is 15.2. The maximum absolute atomic E-state index is 11.3. The first kappa shape index (κ1) is 10.6. The topological polar surface area (TPSA) is 65.0 Å². The molecule has 84 valence electrons. The summed E-state index contributed by atoms with van der Waals surface area (Å²) in [6.07, 6.45) is 2.31. The normalized spacial score (nSPS) is 31.9. The van der Waals surface area contributed by atoms with Gasteiger partial charge < -0.3 is 19.3 Å². The van der Waals surface area contributed by atoms with Crippen molar-refractivity contribution in [2.75, 3.05) is 13.2 Å². The molecule has 5 heteroatoms. The van der Waals surface area contributed by atoms with E-state index in [2.05, 4.69) is 0 Å². The molecule has 0 spiro atoms. The SMILES string of the molecule is CC1(O)C=C(CCC2OCCO2)C(=O)O1. The monoisotopic (exact) mass is 214 g/mol. The standard InChI is InChI=1S/C10H14O5/c1-10(12)6-7(9(11)15-10)2-3-8-13-4-5-14-8/h6,8,12H,2-5H2,1H3. The van der Waals surface area contributed by atoms with Gasteiger partial charge in [-0.25, -0.2) is 4.79 Å². The Bertz CT molecular complexity index is 288. The van der Waals surface area contributed by atoms with Gasteiger partial charge in [0.2, 0.25) is 5.79 Å². The lowest BCUT2D eigenvalue weighted by atomic mass is 10.1. The summed E-state index contributed by atoms with van der Waals surface area (Å²) in [5.41, 5.74) is 0.485. The highest BCUT2D eigenvalue weighted by Gasteiger charge is 2.33. The van der Waals surface area contributed by atoms with Crippen LogP contribution in [0.5, 0.6) is 0 Å². The fourth-order valence-electron chi connectivity index (χ4n) is 1.69. The average Bonchev–Trinajstić information content (AvgIpc) is 2.70. The zero-order valence-corrected chi connectivity index (χ0v) is 8.56. The minimum Gasteiger partial charge on any atom is -0.426 e. The largest absolute Gasteiger partial charge is 0.426 e. The van der Waals surface area contributed by atoms with Crippen LogP contribution in [0.15, 0.2) is 11.6 Å². The quantitative estimate of drug-likeness (QED) is 0.686. The molecule has 0 aromatic heterocycles. The van der Waals surface area contributed by atoms with Crippen molar-refractivity contribution >= 4 is 5.97 Å². The summed E-state index contributed by atoms with van der Waals surface area (Å²) in [4.78, 5) is 11.3. The lowest BCUT2D eigenvalue weighted by molar-refractivity contribution is -0.172. The van der Waals surface area contributed by atoms with E-state index in [-0.39, 0.29) is 6.29 Å². The molecule has 2 rings (SSSR count). The molecule has 15 heavy (non-hydrogen) atoms. The fourth-order valence-corrected chi connectivity index (χ4v) is 1.69. The van der Waals surface area contributed by atoms with Gasteiger partial charge in [0, 0.05) is 18.9 Å². The second kappa shape index (κ2) is 3.92. The number of rotatable bonds is 3. The van der Waals surface area contributed by atoms with Gasteiger partial charge in [-0.2, -0.15) is 0 Å². The van der Waals surface area contributed by atoms with Gasteiger partial charge in [0.1, 0.15) is 0 Å². The van der Waals surface area contributed by atoms with E-state index in [9.17, 15) is 9.90 Å². The van der Waals surface area contributed by atoms with Crippen LogP contribution in [-0.2, 0) is 19.0 Å². The Hall–Kier alpha value is -0.910. The van der Waals surface area contributed by atoms with Crippen LogP contribution in [0.1, 0.15) is 19.8 Å². The first-order valence-corrected chi connectivity index (χ1v) is 4.97. The van der Waals surface area contributed by atoms with E-state index in [1.807, 2.05) is 0 Å². The first-order chi connectivity index (χ1) is 7.07. The Morgan fingerprint density at radius 3 is 2.73 bits per heavy atom. The summed E-state index contributed by atoms with van der Waals surface area (Å²) in [5.74, 6) is -1.91. The van der Waals surface area contributed by atoms with Crippen molar-refractivity contribution in [3.05, 3.63) is 11.6 Å². The van der Waals surface area contributed by atoms with Gasteiger partial charge in [-0.3, -0.25) is 0 Å². The van der Waals surface area contributed by atoms with Crippen molar-refractivity contribution in [3.8, 4) is 0 Å². The molecule has 1 fully saturated rings. The van der Waals surface area contributed by atoms with Crippen molar-refractivity contribution in [2.24, 2.45) is 0 Å². The lowest BCUT2D eigenvalue weighted by Gasteiger charge is -2.11. The van der Waals surface area contributed by atoms with Crippen LogP contribution in [0.4, 0.5) is 0 Å². The van der Waals surface area contributed by atoms with E-state index in [0.717, 1.165) is 0 Å². The molecule has 0 aromatic rings. The minimum atomic E-state index is -1.45. The third kappa shape index (κ3) is 2.56. The number of esters is 1. The van der Waals surface area contributed by atoms with Crippen molar-refractivity contribution in [1.82, 2.24) is 0 Å². The van der Waals surface area contributed by atoms with Gasteiger partial charge in [-0.05, 0) is 12.5 Å². The second-order valence-electron chi connectivity index (χ2n) is 3.82. The molecule has 5 nitrogen and oxygen atoms in total. The molecule has 0 aromatic carbocycles. The summed E-state index contributed by atoms with van der Waals surface area (Å²) in [6, 6.07) is 0. The number of aliphatic hydroxyl groups is 1. The van der Waals surface area contributed by atoms with Crippen molar-refractivity contribution in [2.45, 2.75) is 31.8 Å². The highest BCUT2D eigenvalue weighted by atomic mass is 16.7. The molecular formula is C10H14O5. The second-order valence-corrected chi connectivity index (χ2v) is 3.82. The summed E-state index contributed by atoms with van der Waals surface area (Å²) in [5, 5.41) is 9.45. The van der Waals surface area contributed by atoms with Gasteiger partial charge in [0.25, 0.3) is 0 Å².